The van der Waals surface area contributed by atoms with Crippen molar-refractivity contribution in [1.29, 1.82) is 0 Å². The predicted octanol–water partition coefficient (Wildman–Crippen LogP) is 1.79. The number of hydrogen-bond donors (Lipinski definition) is 2. The molecule has 0 spiro atoms. The van der Waals surface area contributed by atoms with Gasteiger partial charge in [-0.1, -0.05) is 0 Å². The van der Waals surface area contributed by atoms with Crippen LogP contribution in [-0.2, 0) is 14.3 Å². The van der Waals surface area contributed by atoms with Crippen molar-refractivity contribution in [2.24, 2.45) is 11.7 Å². The molecule has 0 bridgehead atoms. The minimum atomic E-state index is -3.07. The number of hydrogen-bond acceptors (Lipinski definition) is 6. The van der Waals surface area contributed by atoms with Gasteiger partial charge in [0.1, 0.15) is 12.6 Å². The van der Waals surface area contributed by atoms with Gasteiger partial charge in [0.15, 0.2) is 5.75 Å². The van der Waals surface area contributed by atoms with Crippen LogP contribution in [0.5, 0.6) is 5.75 Å². The second-order valence-corrected chi connectivity index (χ2v) is 8.27. The SMILES string of the molecule is NC[C@@H](C(=O)Nc1ccc(N2CCOCC2=O)c(OC(F)F)c1)N(CC1CC1)C1CC1. The Hall–Kier alpha value is -2.30. The first-order valence-electron chi connectivity index (χ1n) is 10.7. The average Bonchev–Trinajstić information content (AvgIpc) is 3.62. The topological polar surface area (TPSA) is 97.1 Å². The van der Waals surface area contributed by atoms with Crippen molar-refractivity contribution in [2.75, 3.05) is 43.1 Å². The molecule has 1 aliphatic heterocycles. The number of halogens is 2. The third kappa shape index (κ3) is 5.50. The molecule has 31 heavy (non-hydrogen) atoms. The van der Waals surface area contributed by atoms with Crippen molar-refractivity contribution in [3.63, 3.8) is 0 Å². The van der Waals surface area contributed by atoms with E-state index in [4.69, 9.17) is 10.5 Å². The van der Waals surface area contributed by atoms with Crippen molar-refractivity contribution in [1.82, 2.24) is 4.90 Å². The number of morpholine rings is 1. The van der Waals surface area contributed by atoms with Crippen molar-refractivity contribution in [3.05, 3.63) is 18.2 Å². The number of ether oxygens (including phenoxy) is 2. The number of alkyl halides is 2. The number of nitrogens with zero attached hydrogens (tertiary/aromatic N) is 2. The van der Waals surface area contributed by atoms with E-state index in [-0.39, 0.29) is 42.9 Å². The Morgan fingerprint density at radius 3 is 2.71 bits per heavy atom. The lowest BCUT2D eigenvalue weighted by molar-refractivity contribution is -0.126. The summed E-state index contributed by atoms with van der Waals surface area (Å²) < 4.78 is 35.8. The summed E-state index contributed by atoms with van der Waals surface area (Å²) in [5.41, 5.74) is 6.47. The Kier molecular flexibility index (Phi) is 6.68. The van der Waals surface area contributed by atoms with E-state index in [2.05, 4.69) is 15.0 Å². The summed E-state index contributed by atoms with van der Waals surface area (Å²) in [4.78, 5) is 28.7. The smallest absolute Gasteiger partial charge is 0.387 e. The fraction of sp³-hybridized carbons (Fsp3) is 0.619. The molecule has 1 aromatic rings. The number of benzene rings is 1. The van der Waals surface area contributed by atoms with Crippen molar-refractivity contribution < 1.29 is 27.8 Å². The number of nitrogens with one attached hydrogen (secondary N) is 1. The van der Waals surface area contributed by atoms with E-state index in [1.807, 2.05) is 0 Å². The van der Waals surface area contributed by atoms with Gasteiger partial charge in [0, 0.05) is 37.4 Å². The van der Waals surface area contributed by atoms with Crippen LogP contribution in [0.25, 0.3) is 0 Å². The molecule has 3 aliphatic rings. The molecule has 0 aromatic heterocycles. The minimum absolute atomic E-state index is 0.122. The molecular weight excluding hydrogens is 410 g/mol. The van der Waals surface area contributed by atoms with E-state index in [1.54, 1.807) is 6.07 Å². The number of anilines is 2. The number of nitrogens with two attached hydrogens (primary N) is 1. The molecule has 1 aromatic carbocycles. The van der Waals surface area contributed by atoms with Gasteiger partial charge in [-0.15, -0.1) is 0 Å². The lowest BCUT2D eigenvalue weighted by Gasteiger charge is -2.30. The fourth-order valence-electron chi connectivity index (χ4n) is 3.93. The maximum atomic E-state index is 13.0. The first-order chi connectivity index (χ1) is 15.0. The molecule has 170 valence electrons. The van der Waals surface area contributed by atoms with Gasteiger partial charge in [0.05, 0.1) is 12.3 Å². The number of carbonyl (C=O) groups excluding carboxylic acids is 2. The number of amides is 2. The molecule has 1 heterocycles. The maximum absolute atomic E-state index is 13.0. The minimum Gasteiger partial charge on any atom is -0.433 e. The highest BCUT2D eigenvalue weighted by Crippen LogP contribution is 2.37. The van der Waals surface area contributed by atoms with Crippen molar-refractivity contribution in [2.45, 2.75) is 44.4 Å². The molecule has 2 amide bonds. The van der Waals surface area contributed by atoms with Crippen molar-refractivity contribution >= 4 is 23.2 Å². The monoisotopic (exact) mass is 438 g/mol. The summed E-state index contributed by atoms with van der Waals surface area (Å²) in [6, 6.07) is 4.29. The standard InChI is InChI=1S/C21H28F2N4O4/c22-21(23)31-18-9-14(3-6-16(18)26-7-8-30-12-19(26)28)25-20(29)17(10-24)27(15-4-5-15)11-13-1-2-13/h3,6,9,13,15,17,21H,1-2,4-5,7-8,10-12,24H2,(H,25,29)/t17-/m0/s1. The summed E-state index contributed by atoms with van der Waals surface area (Å²) >= 11 is 0. The molecular formula is C21H28F2N4O4. The third-order valence-corrected chi connectivity index (χ3v) is 5.83. The Morgan fingerprint density at radius 1 is 1.32 bits per heavy atom. The van der Waals surface area contributed by atoms with E-state index < -0.39 is 12.7 Å². The van der Waals surface area contributed by atoms with Crippen LogP contribution in [0, 0.1) is 5.92 Å². The Labute approximate surface area is 179 Å². The Bertz CT molecular complexity index is 817. The zero-order chi connectivity index (χ0) is 22.0. The molecule has 8 nitrogen and oxygen atoms in total. The number of carbonyl (C=O) groups is 2. The lowest BCUT2D eigenvalue weighted by atomic mass is 10.1. The normalized spacial score (nSPS) is 20.3. The predicted molar refractivity (Wildman–Crippen MR) is 110 cm³/mol. The molecule has 1 atom stereocenters. The van der Waals surface area contributed by atoms with Crippen molar-refractivity contribution in [3.8, 4) is 5.75 Å². The molecule has 0 unspecified atom stereocenters. The van der Waals surface area contributed by atoms with Gasteiger partial charge in [-0.3, -0.25) is 14.5 Å². The van der Waals surface area contributed by atoms with Crippen LogP contribution in [0.15, 0.2) is 18.2 Å². The van der Waals surface area contributed by atoms with Crippen LogP contribution in [0.1, 0.15) is 25.7 Å². The third-order valence-electron chi connectivity index (χ3n) is 5.83. The summed E-state index contributed by atoms with van der Waals surface area (Å²) in [6.45, 7) is -1.62. The van der Waals surface area contributed by atoms with Gasteiger partial charge in [0.2, 0.25) is 5.91 Å². The van der Waals surface area contributed by atoms with Gasteiger partial charge in [0.25, 0.3) is 5.91 Å². The molecule has 3 N–H and O–H groups in total. The fourth-order valence-corrected chi connectivity index (χ4v) is 3.93. The van der Waals surface area contributed by atoms with Gasteiger partial charge < -0.3 is 25.4 Å². The van der Waals surface area contributed by atoms with E-state index in [0.717, 1.165) is 19.4 Å². The highest BCUT2D eigenvalue weighted by atomic mass is 19.3. The van der Waals surface area contributed by atoms with Gasteiger partial charge in [-0.25, -0.2) is 0 Å². The molecule has 2 aliphatic carbocycles. The summed E-state index contributed by atoms with van der Waals surface area (Å²) in [5.74, 6) is -0.165. The van der Waals surface area contributed by atoms with E-state index in [1.165, 1.54) is 29.9 Å². The second kappa shape index (κ2) is 9.46. The summed E-state index contributed by atoms with van der Waals surface area (Å²) in [7, 11) is 0. The van der Waals surface area contributed by atoms with Gasteiger partial charge in [-0.2, -0.15) is 8.78 Å². The van der Waals surface area contributed by atoms with Crippen LogP contribution in [-0.4, -0.2) is 68.3 Å². The van der Waals surface area contributed by atoms with Gasteiger partial charge in [-0.05, 0) is 43.7 Å². The van der Waals surface area contributed by atoms with E-state index in [0.29, 0.717) is 24.3 Å². The van der Waals surface area contributed by atoms with Crippen LogP contribution < -0.4 is 20.7 Å². The average molecular weight is 438 g/mol. The van der Waals surface area contributed by atoms with Gasteiger partial charge >= 0.3 is 6.61 Å². The lowest BCUT2D eigenvalue weighted by Crippen LogP contribution is -2.50. The van der Waals surface area contributed by atoms with Crippen LogP contribution in [0.4, 0.5) is 20.2 Å². The van der Waals surface area contributed by atoms with E-state index >= 15 is 0 Å². The zero-order valence-electron chi connectivity index (χ0n) is 17.3. The second-order valence-electron chi connectivity index (χ2n) is 8.27. The van der Waals surface area contributed by atoms with Crippen LogP contribution in [0.2, 0.25) is 0 Å². The molecule has 10 heteroatoms. The first kappa shape index (κ1) is 21.9. The Balaban J connectivity index is 1.51. The quantitative estimate of drug-likeness (QED) is 0.578. The molecule has 4 rings (SSSR count). The molecule has 0 radical (unpaired) electrons. The van der Waals surface area contributed by atoms with Crippen LogP contribution >= 0.6 is 0 Å². The highest BCUT2D eigenvalue weighted by molar-refractivity contribution is 5.98. The van der Waals surface area contributed by atoms with Crippen LogP contribution in [0.3, 0.4) is 0 Å². The maximum Gasteiger partial charge on any atom is 0.387 e. The molecule has 2 saturated carbocycles. The summed E-state index contributed by atoms with van der Waals surface area (Å²) in [5, 5.41) is 2.79. The summed E-state index contributed by atoms with van der Waals surface area (Å²) in [6.07, 6.45) is 4.48. The Morgan fingerprint density at radius 2 is 2.10 bits per heavy atom. The molecule has 3 fully saturated rings. The first-order valence-corrected chi connectivity index (χ1v) is 10.7. The van der Waals surface area contributed by atoms with E-state index in [9.17, 15) is 18.4 Å². The number of rotatable bonds is 10. The molecule has 1 saturated heterocycles. The highest BCUT2D eigenvalue weighted by Gasteiger charge is 2.39. The largest absolute Gasteiger partial charge is 0.433 e. The zero-order valence-corrected chi connectivity index (χ0v) is 17.3.